The molecule has 1 aliphatic rings. The number of H-pyrrole nitrogens is 1. The Morgan fingerprint density at radius 2 is 2.12 bits per heavy atom. The summed E-state index contributed by atoms with van der Waals surface area (Å²) < 4.78 is 0. The van der Waals surface area contributed by atoms with Gasteiger partial charge >= 0.3 is 0 Å². The van der Waals surface area contributed by atoms with Gasteiger partial charge in [-0.3, -0.25) is 9.59 Å². The SMILES string of the molecule is C#CCCC1(CCC(=O)NCc2ccc3c(=O)cc[nH]c3c2)N=N1. The van der Waals surface area contributed by atoms with E-state index in [4.69, 9.17) is 6.42 Å². The van der Waals surface area contributed by atoms with Gasteiger partial charge in [-0.25, -0.2) is 0 Å². The first-order valence-electron chi connectivity index (χ1n) is 7.86. The number of nitrogens with one attached hydrogen (secondary N) is 2. The van der Waals surface area contributed by atoms with Gasteiger partial charge in [-0.15, -0.1) is 12.3 Å². The summed E-state index contributed by atoms with van der Waals surface area (Å²) in [6.07, 6.45) is 9.13. The van der Waals surface area contributed by atoms with E-state index in [1.165, 1.54) is 6.07 Å². The number of carbonyl (C=O) groups is 1. The minimum atomic E-state index is -0.424. The fourth-order valence-corrected chi connectivity index (χ4v) is 2.60. The van der Waals surface area contributed by atoms with E-state index in [0.717, 1.165) is 11.1 Å². The molecule has 1 aliphatic heterocycles. The van der Waals surface area contributed by atoms with Gasteiger partial charge in [0.05, 0.1) is 0 Å². The van der Waals surface area contributed by atoms with E-state index < -0.39 is 5.66 Å². The van der Waals surface area contributed by atoms with Crippen molar-refractivity contribution >= 4 is 16.8 Å². The van der Waals surface area contributed by atoms with Crippen molar-refractivity contribution in [3.63, 3.8) is 0 Å². The first kappa shape index (κ1) is 15.9. The van der Waals surface area contributed by atoms with Crippen LogP contribution in [-0.2, 0) is 11.3 Å². The maximum Gasteiger partial charge on any atom is 0.220 e. The van der Waals surface area contributed by atoms with Crippen LogP contribution in [0.4, 0.5) is 0 Å². The van der Waals surface area contributed by atoms with Gasteiger partial charge in [-0.05, 0) is 17.7 Å². The zero-order chi connectivity index (χ0) is 17.0. The van der Waals surface area contributed by atoms with Crippen LogP contribution in [0.15, 0.2) is 45.5 Å². The van der Waals surface area contributed by atoms with E-state index in [9.17, 15) is 9.59 Å². The second kappa shape index (κ2) is 6.67. The Balaban J connectivity index is 1.51. The van der Waals surface area contributed by atoms with Crippen molar-refractivity contribution in [2.24, 2.45) is 10.2 Å². The van der Waals surface area contributed by atoms with E-state index in [1.54, 1.807) is 12.3 Å². The zero-order valence-electron chi connectivity index (χ0n) is 13.2. The number of rotatable bonds is 7. The molecule has 1 aromatic carbocycles. The molecule has 0 saturated carbocycles. The highest BCUT2D eigenvalue weighted by molar-refractivity contribution is 5.79. The van der Waals surface area contributed by atoms with E-state index in [0.29, 0.717) is 37.6 Å². The minimum Gasteiger partial charge on any atom is -0.361 e. The summed E-state index contributed by atoms with van der Waals surface area (Å²) in [6, 6.07) is 6.98. The average molecular weight is 322 g/mol. The second-order valence-corrected chi connectivity index (χ2v) is 5.89. The van der Waals surface area contributed by atoms with Crippen LogP contribution in [0.25, 0.3) is 10.9 Å². The van der Waals surface area contributed by atoms with Crippen LogP contribution in [-0.4, -0.2) is 16.6 Å². The molecule has 1 aromatic heterocycles. The summed E-state index contributed by atoms with van der Waals surface area (Å²) in [6.45, 7) is 0.414. The first-order valence-corrected chi connectivity index (χ1v) is 7.86. The third-order valence-corrected chi connectivity index (χ3v) is 4.12. The monoisotopic (exact) mass is 322 g/mol. The highest BCUT2D eigenvalue weighted by Crippen LogP contribution is 2.37. The number of pyridine rings is 1. The van der Waals surface area contributed by atoms with E-state index in [1.807, 2.05) is 12.1 Å². The van der Waals surface area contributed by atoms with Crippen LogP contribution in [0.1, 0.15) is 31.2 Å². The zero-order valence-corrected chi connectivity index (χ0v) is 13.2. The van der Waals surface area contributed by atoms with Crippen LogP contribution >= 0.6 is 0 Å². The van der Waals surface area contributed by atoms with E-state index in [2.05, 4.69) is 26.4 Å². The lowest BCUT2D eigenvalue weighted by Crippen LogP contribution is -2.24. The van der Waals surface area contributed by atoms with Crippen molar-refractivity contribution in [3.05, 3.63) is 46.2 Å². The van der Waals surface area contributed by atoms with E-state index in [-0.39, 0.29) is 11.3 Å². The predicted octanol–water partition coefficient (Wildman–Crippen LogP) is 2.50. The number of nitrogens with zero attached hydrogens (tertiary/aromatic N) is 2. The number of fused-ring (bicyclic) bond motifs is 1. The van der Waals surface area contributed by atoms with Gasteiger partial charge < -0.3 is 10.3 Å². The summed E-state index contributed by atoms with van der Waals surface area (Å²) in [5, 5.41) is 11.6. The lowest BCUT2D eigenvalue weighted by molar-refractivity contribution is -0.121. The molecule has 6 heteroatoms. The Bertz CT molecular complexity index is 886. The minimum absolute atomic E-state index is 0.0199. The molecule has 0 spiro atoms. The molecule has 0 fully saturated rings. The summed E-state index contributed by atoms with van der Waals surface area (Å²) in [5.41, 5.74) is 1.25. The molecule has 3 rings (SSSR count). The Morgan fingerprint density at radius 1 is 1.29 bits per heavy atom. The van der Waals surface area contributed by atoms with Crippen LogP contribution in [0.5, 0.6) is 0 Å². The Labute approximate surface area is 139 Å². The molecule has 1 amide bonds. The molecular weight excluding hydrogens is 304 g/mol. The van der Waals surface area contributed by atoms with E-state index >= 15 is 0 Å². The Morgan fingerprint density at radius 3 is 2.88 bits per heavy atom. The highest BCUT2D eigenvalue weighted by atomic mass is 16.1. The summed E-state index contributed by atoms with van der Waals surface area (Å²) in [4.78, 5) is 26.7. The molecule has 2 heterocycles. The number of carbonyl (C=O) groups excluding carboxylic acids is 1. The lowest BCUT2D eigenvalue weighted by Gasteiger charge is -2.09. The quantitative estimate of drug-likeness (QED) is 0.767. The molecular formula is C18H18N4O2. The van der Waals surface area contributed by atoms with Crippen molar-refractivity contribution in [2.75, 3.05) is 0 Å². The highest BCUT2D eigenvalue weighted by Gasteiger charge is 2.39. The van der Waals surface area contributed by atoms with Gasteiger partial charge in [-0.1, -0.05) is 6.07 Å². The number of aromatic amines is 1. The molecule has 2 aromatic rings. The first-order chi connectivity index (χ1) is 11.6. The second-order valence-electron chi connectivity index (χ2n) is 5.89. The van der Waals surface area contributed by atoms with Gasteiger partial charge in [-0.2, -0.15) is 10.2 Å². The molecule has 24 heavy (non-hydrogen) atoms. The van der Waals surface area contributed by atoms with Gasteiger partial charge in [0.2, 0.25) is 5.91 Å². The molecule has 0 atom stereocenters. The number of hydrogen-bond acceptors (Lipinski definition) is 4. The van der Waals surface area contributed by atoms with Crippen molar-refractivity contribution in [2.45, 2.75) is 37.9 Å². The lowest BCUT2D eigenvalue weighted by atomic mass is 10.0. The molecule has 0 radical (unpaired) electrons. The number of amides is 1. The smallest absolute Gasteiger partial charge is 0.220 e. The third-order valence-electron chi connectivity index (χ3n) is 4.12. The van der Waals surface area contributed by atoms with Gasteiger partial charge in [0, 0.05) is 55.4 Å². The van der Waals surface area contributed by atoms with Crippen LogP contribution < -0.4 is 10.7 Å². The maximum absolute atomic E-state index is 12.0. The van der Waals surface area contributed by atoms with Gasteiger partial charge in [0.1, 0.15) is 0 Å². The Hall–Kier alpha value is -2.94. The molecule has 0 unspecified atom stereocenters. The molecule has 6 nitrogen and oxygen atoms in total. The van der Waals surface area contributed by atoms with Gasteiger partial charge in [0.25, 0.3) is 0 Å². The number of benzene rings is 1. The molecule has 0 aliphatic carbocycles. The number of aromatic nitrogens is 1. The summed E-state index contributed by atoms with van der Waals surface area (Å²) >= 11 is 0. The fourth-order valence-electron chi connectivity index (χ4n) is 2.60. The molecule has 0 saturated heterocycles. The van der Waals surface area contributed by atoms with Crippen LogP contribution in [0.2, 0.25) is 0 Å². The van der Waals surface area contributed by atoms with Crippen molar-refractivity contribution < 1.29 is 4.79 Å². The van der Waals surface area contributed by atoms with Crippen molar-refractivity contribution in [1.29, 1.82) is 0 Å². The van der Waals surface area contributed by atoms with Crippen LogP contribution in [0.3, 0.4) is 0 Å². The standard InChI is InChI=1S/C18H18N4O2/c1-2-3-8-18(21-22-18)9-6-17(24)20-12-13-4-5-14-15(11-13)19-10-7-16(14)23/h1,4-5,7,10-11H,3,6,8-9,12H2,(H,19,23)(H,20,24). The van der Waals surface area contributed by atoms with Crippen LogP contribution in [0, 0.1) is 12.3 Å². The third kappa shape index (κ3) is 3.69. The average Bonchev–Trinajstić information content (AvgIpc) is 3.37. The normalized spacial score (nSPS) is 14.3. The van der Waals surface area contributed by atoms with Gasteiger partial charge in [0.15, 0.2) is 11.1 Å². The number of terminal acetylenes is 1. The fraction of sp³-hybridized carbons (Fsp3) is 0.333. The van der Waals surface area contributed by atoms with Crippen molar-refractivity contribution in [1.82, 2.24) is 10.3 Å². The number of hydrogen-bond donors (Lipinski definition) is 2. The van der Waals surface area contributed by atoms with Crippen molar-refractivity contribution in [3.8, 4) is 12.3 Å². The predicted molar refractivity (Wildman–Crippen MR) is 91.3 cm³/mol. The Kier molecular flexibility index (Phi) is 4.43. The summed E-state index contributed by atoms with van der Waals surface area (Å²) in [7, 11) is 0. The largest absolute Gasteiger partial charge is 0.361 e. The molecule has 2 N–H and O–H groups in total. The topological polar surface area (TPSA) is 86.7 Å². The summed E-state index contributed by atoms with van der Waals surface area (Å²) in [5.74, 6) is 2.52. The molecule has 0 bridgehead atoms. The molecule has 122 valence electrons. The maximum atomic E-state index is 12.0.